The van der Waals surface area contributed by atoms with E-state index in [1.54, 1.807) is 0 Å². The molecule has 1 heteroatoms. The van der Waals surface area contributed by atoms with E-state index in [2.05, 4.69) is 50.5 Å². The molecule has 0 aromatic rings. The highest BCUT2D eigenvalue weighted by Crippen LogP contribution is 2.27. The molecular formula is C11H23Br. The molecular weight excluding hydrogens is 212 g/mol. The number of rotatable bonds is 4. The summed E-state index contributed by atoms with van der Waals surface area (Å²) in [5.41, 5.74) is 0.495. The van der Waals surface area contributed by atoms with Crippen LogP contribution in [0.5, 0.6) is 0 Å². The minimum Gasteiger partial charge on any atom is -0.0925 e. The lowest BCUT2D eigenvalue weighted by Gasteiger charge is -2.24. The molecule has 0 fully saturated rings. The maximum absolute atomic E-state index is 3.58. The molecule has 0 heterocycles. The maximum atomic E-state index is 3.58. The smallest absolute Gasteiger partial charge is 0.00621 e. The van der Waals surface area contributed by atoms with Gasteiger partial charge in [0.1, 0.15) is 0 Å². The predicted molar refractivity (Wildman–Crippen MR) is 60.8 cm³/mol. The fourth-order valence-electron chi connectivity index (χ4n) is 1.21. The van der Waals surface area contributed by atoms with Gasteiger partial charge in [0, 0.05) is 5.33 Å². The molecule has 12 heavy (non-hydrogen) atoms. The largest absolute Gasteiger partial charge is 0.0925 e. The van der Waals surface area contributed by atoms with Crippen LogP contribution in [-0.2, 0) is 0 Å². The molecule has 0 aliphatic heterocycles. The summed E-state index contributed by atoms with van der Waals surface area (Å²) in [7, 11) is 0. The van der Waals surface area contributed by atoms with Crippen molar-refractivity contribution < 1.29 is 0 Å². The Labute approximate surface area is 86.3 Å². The first kappa shape index (κ1) is 12.5. The molecule has 0 aliphatic carbocycles. The van der Waals surface area contributed by atoms with E-state index < -0.39 is 0 Å². The second kappa shape index (κ2) is 5.26. The van der Waals surface area contributed by atoms with Crippen molar-refractivity contribution in [3.05, 3.63) is 0 Å². The third-order valence-corrected chi connectivity index (χ3v) is 3.24. The maximum Gasteiger partial charge on any atom is 0.00621 e. The summed E-state index contributed by atoms with van der Waals surface area (Å²) < 4.78 is 0. The van der Waals surface area contributed by atoms with Crippen LogP contribution in [0, 0.1) is 17.3 Å². The van der Waals surface area contributed by atoms with E-state index in [0.717, 1.165) is 17.2 Å². The first-order chi connectivity index (χ1) is 5.37. The Kier molecular flexibility index (Phi) is 5.47. The Balaban J connectivity index is 3.73. The van der Waals surface area contributed by atoms with Crippen LogP contribution in [0.4, 0.5) is 0 Å². The zero-order chi connectivity index (χ0) is 9.78. The summed E-state index contributed by atoms with van der Waals surface area (Å²) in [5.74, 6) is 1.66. The number of alkyl halides is 1. The van der Waals surface area contributed by atoms with Crippen LogP contribution in [0.3, 0.4) is 0 Å². The standard InChI is InChI=1S/C11H23Br/c1-9(2)10(8-12)6-7-11(3,4)5/h9-10H,6-8H2,1-5H3. The van der Waals surface area contributed by atoms with Crippen LogP contribution in [0.1, 0.15) is 47.5 Å². The second-order valence-electron chi connectivity index (χ2n) is 5.26. The van der Waals surface area contributed by atoms with Crippen LogP contribution < -0.4 is 0 Å². The highest BCUT2D eigenvalue weighted by atomic mass is 79.9. The van der Waals surface area contributed by atoms with Crippen molar-refractivity contribution in [1.82, 2.24) is 0 Å². The summed E-state index contributed by atoms with van der Waals surface area (Å²) in [6, 6.07) is 0. The first-order valence-corrected chi connectivity index (χ1v) is 6.05. The zero-order valence-corrected chi connectivity index (χ0v) is 10.7. The van der Waals surface area contributed by atoms with E-state index in [9.17, 15) is 0 Å². The van der Waals surface area contributed by atoms with Crippen molar-refractivity contribution in [3.63, 3.8) is 0 Å². The molecule has 0 amide bonds. The topological polar surface area (TPSA) is 0 Å². The number of hydrogen-bond acceptors (Lipinski definition) is 0. The quantitative estimate of drug-likeness (QED) is 0.630. The molecule has 0 spiro atoms. The van der Waals surface area contributed by atoms with Crippen LogP contribution in [0.25, 0.3) is 0 Å². The minimum atomic E-state index is 0.495. The SMILES string of the molecule is CC(C)C(CBr)CCC(C)(C)C. The monoisotopic (exact) mass is 234 g/mol. The van der Waals surface area contributed by atoms with Gasteiger partial charge in [0.05, 0.1) is 0 Å². The number of hydrogen-bond donors (Lipinski definition) is 0. The Bertz CT molecular complexity index is 111. The van der Waals surface area contributed by atoms with Crippen molar-refractivity contribution in [2.45, 2.75) is 47.5 Å². The lowest BCUT2D eigenvalue weighted by atomic mass is 9.84. The fraction of sp³-hybridized carbons (Fsp3) is 1.00. The van der Waals surface area contributed by atoms with Crippen LogP contribution in [0.15, 0.2) is 0 Å². The molecule has 74 valence electrons. The Hall–Kier alpha value is 0.480. The normalized spacial score (nSPS) is 15.2. The molecule has 0 saturated heterocycles. The highest BCUT2D eigenvalue weighted by Gasteiger charge is 2.16. The van der Waals surface area contributed by atoms with E-state index >= 15 is 0 Å². The van der Waals surface area contributed by atoms with Gasteiger partial charge in [0.2, 0.25) is 0 Å². The molecule has 0 bridgehead atoms. The minimum absolute atomic E-state index is 0.495. The summed E-state index contributed by atoms with van der Waals surface area (Å²) in [4.78, 5) is 0. The Morgan fingerprint density at radius 2 is 1.67 bits per heavy atom. The lowest BCUT2D eigenvalue weighted by molar-refractivity contribution is 0.298. The molecule has 0 rings (SSSR count). The molecule has 0 saturated carbocycles. The van der Waals surface area contributed by atoms with Gasteiger partial charge in [0.15, 0.2) is 0 Å². The molecule has 0 aromatic carbocycles. The first-order valence-electron chi connectivity index (χ1n) is 4.93. The third kappa shape index (κ3) is 6.05. The number of halogens is 1. The van der Waals surface area contributed by atoms with Gasteiger partial charge in [-0.1, -0.05) is 50.5 Å². The van der Waals surface area contributed by atoms with E-state index in [0.29, 0.717) is 5.41 Å². The molecule has 0 aromatic heterocycles. The average Bonchev–Trinajstić information content (AvgIpc) is 1.85. The van der Waals surface area contributed by atoms with Crippen molar-refractivity contribution >= 4 is 15.9 Å². The van der Waals surface area contributed by atoms with Gasteiger partial charge in [-0.05, 0) is 30.1 Å². The van der Waals surface area contributed by atoms with E-state index in [4.69, 9.17) is 0 Å². The molecule has 0 radical (unpaired) electrons. The average molecular weight is 235 g/mol. The zero-order valence-electron chi connectivity index (χ0n) is 9.15. The van der Waals surface area contributed by atoms with Crippen LogP contribution in [-0.4, -0.2) is 5.33 Å². The predicted octanol–water partition coefficient (Wildman–Crippen LogP) is 4.48. The highest BCUT2D eigenvalue weighted by molar-refractivity contribution is 9.09. The van der Waals surface area contributed by atoms with E-state index in [1.807, 2.05) is 0 Å². The summed E-state index contributed by atoms with van der Waals surface area (Å²) in [6.07, 6.45) is 2.69. The summed E-state index contributed by atoms with van der Waals surface area (Å²) in [5, 5.41) is 1.15. The molecule has 0 nitrogen and oxygen atoms in total. The molecule has 1 unspecified atom stereocenters. The molecule has 1 atom stereocenters. The van der Waals surface area contributed by atoms with E-state index in [-0.39, 0.29) is 0 Å². The lowest BCUT2D eigenvalue weighted by Crippen LogP contribution is -2.14. The van der Waals surface area contributed by atoms with Crippen molar-refractivity contribution in [2.75, 3.05) is 5.33 Å². The van der Waals surface area contributed by atoms with Gasteiger partial charge < -0.3 is 0 Å². The van der Waals surface area contributed by atoms with Gasteiger partial charge in [-0.15, -0.1) is 0 Å². The van der Waals surface area contributed by atoms with Gasteiger partial charge in [0.25, 0.3) is 0 Å². The van der Waals surface area contributed by atoms with E-state index in [1.165, 1.54) is 12.8 Å². The van der Waals surface area contributed by atoms with Crippen molar-refractivity contribution in [1.29, 1.82) is 0 Å². The molecule has 0 N–H and O–H groups in total. The van der Waals surface area contributed by atoms with Gasteiger partial charge in [-0.25, -0.2) is 0 Å². The van der Waals surface area contributed by atoms with Crippen molar-refractivity contribution in [3.8, 4) is 0 Å². The van der Waals surface area contributed by atoms with Crippen LogP contribution in [0.2, 0.25) is 0 Å². The Morgan fingerprint density at radius 3 is 1.92 bits per heavy atom. The summed E-state index contributed by atoms with van der Waals surface area (Å²) in [6.45, 7) is 11.6. The molecule has 0 aliphatic rings. The third-order valence-electron chi connectivity index (χ3n) is 2.41. The summed E-state index contributed by atoms with van der Waals surface area (Å²) >= 11 is 3.58. The van der Waals surface area contributed by atoms with Crippen LogP contribution >= 0.6 is 15.9 Å². The van der Waals surface area contributed by atoms with Gasteiger partial charge in [-0.2, -0.15) is 0 Å². The second-order valence-corrected chi connectivity index (χ2v) is 5.91. The fourth-order valence-corrected chi connectivity index (χ4v) is 2.28. The van der Waals surface area contributed by atoms with Gasteiger partial charge >= 0.3 is 0 Å². The van der Waals surface area contributed by atoms with Gasteiger partial charge in [-0.3, -0.25) is 0 Å². The van der Waals surface area contributed by atoms with Crippen molar-refractivity contribution in [2.24, 2.45) is 17.3 Å². The Morgan fingerprint density at radius 1 is 1.17 bits per heavy atom.